The first kappa shape index (κ1) is 13.7. The zero-order chi connectivity index (χ0) is 12.7. The SMILES string of the molecule is COc1ccc(OC)c(C(C)CCSC#N)c1. The lowest BCUT2D eigenvalue weighted by atomic mass is 9.97. The highest BCUT2D eigenvalue weighted by molar-refractivity contribution is 8.03. The smallest absolute Gasteiger partial charge is 0.133 e. The molecule has 1 atom stereocenters. The summed E-state index contributed by atoms with van der Waals surface area (Å²) in [6.07, 6.45) is 0.946. The minimum absolute atomic E-state index is 0.348. The van der Waals surface area contributed by atoms with Crippen molar-refractivity contribution in [2.75, 3.05) is 20.0 Å². The number of hydrogen-bond acceptors (Lipinski definition) is 4. The summed E-state index contributed by atoms with van der Waals surface area (Å²) in [5.74, 6) is 2.89. The van der Waals surface area contributed by atoms with Gasteiger partial charge in [0.25, 0.3) is 0 Å². The average Bonchev–Trinajstić information content (AvgIpc) is 2.38. The third-order valence-electron chi connectivity index (χ3n) is 2.69. The lowest BCUT2D eigenvalue weighted by molar-refractivity contribution is 0.395. The molecule has 1 aromatic rings. The monoisotopic (exact) mass is 251 g/mol. The highest BCUT2D eigenvalue weighted by atomic mass is 32.2. The van der Waals surface area contributed by atoms with E-state index in [2.05, 4.69) is 12.3 Å². The summed E-state index contributed by atoms with van der Waals surface area (Å²) in [5, 5.41) is 10.6. The summed E-state index contributed by atoms with van der Waals surface area (Å²) in [6, 6.07) is 5.81. The normalized spacial score (nSPS) is 11.6. The van der Waals surface area contributed by atoms with Crippen LogP contribution in [0.1, 0.15) is 24.8 Å². The van der Waals surface area contributed by atoms with Gasteiger partial charge in [0, 0.05) is 11.3 Å². The molecule has 0 aliphatic heterocycles. The third-order valence-corrected chi connectivity index (χ3v) is 3.25. The first-order valence-corrected chi connectivity index (χ1v) is 6.44. The molecule has 0 aromatic heterocycles. The Labute approximate surface area is 107 Å². The van der Waals surface area contributed by atoms with Gasteiger partial charge in [-0.15, -0.1) is 0 Å². The van der Waals surface area contributed by atoms with Crippen molar-refractivity contribution in [1.82, 2.24) is 0 Å². The van der Waals surface area contributed by atoms with Crippen LogP contribution in [0.25, 0.3) is 0 Å². The van der Waals surface area contributed by atoms with Crippen LogP contribution in [0.4, 0.5) is 0 Å². The van der Waals surface area contributed by atoms with Gasteiger partial charge >= 0.3 is 0 Å². The minimum atomic E-state index is 0.348. The summed E-state index contributed by atoms with van der Waals surface area (Å²) < 4.78 is 10.6. The molecule has 1 aromatic carbocycles. The zero-order valence-electron chi connectivity index (χ0n) is 10.4. The fourth-order valence-corrected chi connectivity index (χ4v) is 2.22. The van der Waals surface area contributed by atoms with Crippen molar-refractivity contribution in [2.45, 2.75) is 19.3 Å². The summed E-state index contributed by atoms with van der Waals surface area (Å²) in [5.41, 5.74) is 1.13. The van der Waals surface area contributed by atoms with Crippen molar-refractivity contribution in [1.29, 1.82) is 5.26 Å². The lowest BCUT2D eigenvalue weighted by Gasteiger charge is -2.16. The van der Waals surface area contributed by atoms with Crippen molar-refractivity contribution in [3.8, 4) is 16.9 Å². The molecule has 0 aliphatic carbocycles. The quantitative estimate of drug-likeness (QED) is 0.574. The molecular formula is C13H17NO2S. The molecule has 0 spiro atoms. The topological polar surface area (TPSA) is 42.2 Å². The van der Waals surface area contributed by atoms with E-state index < -0.39 is 0 Å². The number of thioether (sulfide) groups is 1. The lowest BCUT2D eigenvalue weighted by Crippen LogP contribution is -2.00. The Morgan fingerprint density at radius 2 is 2.12 bits per heavy atom. The summed E-state index contributed by atoms with van der Waals surface area (Å²) >= 11 is 1.29. The number of hydrogen-bond donors (Lipinski definition) is 0. The average molecular weight is 251 g/mol. The summed E-state index contributed by atoms with van der Waals surface area (Å²) in [7, 11) is 3.32. The van der Waals surface area contributed by atoms with Crippen LogP contribution in [0, 0.1) is 10.7 Å². The van der Waals surface area contributed by atoms with Gasteiger partial charge in [-0.1, -0.05) is 6.92 Å². The van der Waals surface area contributed by atoms with Gasteiger partial charge in [0.2, 0.25) is 0 Å². The maximum atomic E-state index is 8.50. The first-order chi connectivity index (χ1) is 8.22. The Hall–Kier alpha value is -1.34. The summed E-state index contributed by atoms with van der Waals surface area (Å²) in [6.45, 7) is 2.13. The van der Waals surface area contributed by atoms with Crippen LogP contribution < -0.4 is 9.47 Å². The van der Waals surface area contributed by atoms with Crippen molar-refractivity contribution in [3.05, 3.63) is 23.8 Å². The molecule has 0 fully saturated rings. The third kappa shape index (κ3) is 3.86. The van der Waals surface area contributed by atoms with Crippen molar-refractivity contribution >= 4 is 11.8 Å². The molecule has 0 saturated heterocycles. The van der Waals surface area contributed by atoms with E-state index in [0.29, 0.717) is 5.92 Å². The number of thiocyanates is 1. The van der Waals surface area contributed by atoms with Crippen LogP contribution in [0.5, 0.6) is 11.5 Å². The maximum absolute atomic E-state index is 8.50. The molecule has 0 radical (unpaired) electrons. The van der Waals surface area contributed by atoms with Gasteiger partial charge in [-0.25, -0.2) is 0 Å². The Balaban J connectivity index is 2.82. The maximum Gasteiger partial charge on any atom is 0.133 e. The molecule has 3 nitrogen and oxygen atoms in total. The number of ether oxygens (including phenoxy) is 2. The van der Waals surface area contributed by atoms with Crippen LogP contribution in [-0.2, 0) is 0 Å². The van der Waals surface area contributed by atoms with Gasteiger partial charge < -0.3 is 9.47 Å². The van der Waals surface area contributed by atoms with Crippen LogP contribution >= 0.6 is 11.8 Å². The van der Waals surface area contributed by atoms with E-state index >= 15 is 0 Å². The fourth-order valence-electron chi connectivity index (χ4n) is 1.66. The van der Waals surface area contributed by atoms with Gasteiger partial charge in [-0.05, 0) is 42.3 Å². The molecule has 92 valence electrons. The van der Waals surface area contributed by atoms with Gasteiger partial charge in [0.15, 0.2) is 0 Å². The number of nitriles is 1. The van der Waals surface area contributed by atoms with E-state index in [1.165, 1.54) is 11.8 Å². The second kappa shape index (κ2) is 7.08. The first-order valence-electron chi connectivity index (χ1n) is 5.45. The predicted octanol–water partition coefficient (Wildman–Crippen LogP) is 3.41. The van der Waals surface area contributed by atoms with Gasteiger partial charge in [-0.2, -0.15) is 5.26 Å². The minimum Gasteiger partial charge on any atom is -0.497 e. The molecule has 1 unspecified atom stereocenters. The zero-order valence-corrected chi connectivity index (χ0v) is 11.2. The Morgan fingerprint density at radius 3 is 2.71 bits per heavy atom. The molecule has 0 amide bonds. The molecule has 0 N–H and O–H groups in total. The number of benzene rings is 1. The Bertz CT molecular complexity index is 401. The van der Waals surface area contributed by atoms with Crippen molar-refractivity contribution < 1.29 is 9.47 Å². The number of nitrogens with zero attached hydrogens (tertiary/aromatic N) is 1. The standard InChI is InChI=1S/C13H17NO2S/c1-10(6-7-17-9-14)12-8-11(15-2)4-5-13(12)16-3/h4-5,8,10H,6-7H2,1-3H3. The molecule has 0 heterocycles. The Kier molecular flexibility index (Phi) is 5.71. The van der Waals surface area contributed by atoms with E-state index in [4.69, 9.17) is 14.7 Å². The van der Waals surface area contributed by atoms with Crippen LogP contribution in [-0.4, -0.2) is 20.0 Å². The van der Waals surface area contributed by atoms with E-state index in [1.54, 1.807) is 14.2 Å². The molecule has 1 rings (SSSR count). The number of rotatable bonds is 6. The molecule has 0 aliphatic rings. The molecule has 4 heteroatoms. The Morgan fingerprint density at radius 1 is 1.35 bits per heavy atom. The van der Waals surface area contributed by atoms with Crippen LogP contribution in [0.3, 0.4) is 0 Å². The van der Waals surface area contributed by atoms with Gasteiger partial charge in [0.1, 0.15) is 16.9 Å². The fraction of sp³-hybridized carbons (Fsp3) is 0.462. The second-order valence-electron chi connectivity index (χ2n) is 3.74. The highest BCUT2D eigenvalue weighted by Gasteiger charge is 2.12. The van der Waals surface area contributed by atoms with Crippen molar-refractivity contribution in [3.63, 3.8) is 0 Å². The molecule has 0 saturated carbocycles. The number of methoxy groups -OCH3 is 2. The van der Waals surface area contributed by atoms with Crippen LogP contribution in [0.15, 0.2) is 18.2 Å². The van der Waals surface area contributed by atoms with E-state index in [-0.39, 0.29) is 0 Å². The molecular weight excluding hydrogens is 234 g/mol. The largest absolute Gasteiger partial charge is 0.497 e. The van der Waals surface area contributed by atoms with Crippen LogP contribution in [0.2, 0.25) is 0 Å². The molecule has 17 heavy (non-hydrogen) atoms. The van der Waals surface area contributed by atoms with E-state index in [1.807, 2.05) is 18.2 Å². The van der Waals surface area contributed by atoms with Gasteiger partial charge in [0.05, 0.1) is 14.2 Å². The predicted molar refractivity (Wildman–Crippen MR) is 70.6 cm³/mol. The summed E-state index contributed by atoms with van der Waals surface area (Å²) in [4.78, 5) is 0. The van der Waals surface area contributed by atoms with E-state index in [9.17, 15) is 0 Å². The van der Waals surface area contributed by atoms with Crippen molar-refractivity contribution in [2.24, 2.45) is 0 Å². The van der Waals surface area contributed by atoms with Gasteiger partial charge in [-0.3, -0.25) is 0 Å². The highest BCUT2D eigenvalue weighted by Crippen LogP contribution is 2.32. The second-order valence-corrected chi connectivity index (χ2v) is 4.62. The van der Waals surface area contributed by atoms with E-state index in [0.717, 1.165) is 29.2 Å². The molecule has 0 bridgehead atoms.